The number of methoxy groups -OCH3 is 1. The number of aliphatic hydroxyl groups excluding tert-OH is 1. The monoisotopic (exact) mass is 908 g/mol. The maximum Gasteiger partial charge on any atom is 0.305 e. The smallest absolute Gasteiger partial charge is 0.305 e. The van der Waals surface area contributed by atoms with Crippen LogP contribution in [0.1, 0.15) is 190 Å². The standard InChI is InChI=1S/2C26H42O2.B10.B2H3/c1-17(8-13-26(28)14-15-26)21-6-7-22-20-5-4-18-16-19(27)9-11-24(18,2)23(20)10-12-25(21,22)3;1-17-12-14-25(3)19(16-17)7-8-20-22-10-9-21(18(2)6-11-24(27)28-5)26(22,4)15-13-23(20)25;1-7(2)10(8(3)4)9(5)6;1-2/h4,17,19-23,27-28H,5-16H2,1-3H3;7,17-18,20-23H,6,8-16H2,1-5H3;;1H3/q;;;-1/t17-,19+,20?,21-,22?,23?,24+,25-;17?,18-,20?,21-,22?,23?,25+,26-;;/m11../s1. The molecule has 0 aromatic rings. The zero-order valence-corrected chi connectivity index (χ0v) is 43.7. The molecule has 16 atom stereocenters. The Morgan fingerprint density at radius 1 is 0.676 bits per heavy atom. The fourth-order valence-corrected chi connectivity index (χ4v) is 17.9. The minimum atomic E-state index is -0.667. The Balaban J connectivity index is 0.000000182. The van der Waals surface area contributed by atoms with Crippen LogP contribution in [0.5, 0.6) is 0 Å². The molecule has 9 aliphatic carbocycles. The summed E-state index contributed by atoms with van der Waals surface area (Å²) in [6.45, 7) is 17.7. The van der Waals surface area contributed by atoms with Crippen molar-refractivity contribution in [3.8, 4) is 0 Å². The second-order valence-corrected chi connectivity index (χ2v) is 25.9. The number of ether oxygens (including phenoxy) is 1. The highest BCUT2D eigenvalue weighted by Gasteiger charge is 2.61. The van der Waals surface area contributed by atoms with Gasteiger partial charge < -0.3 is 14.9 Å². The molecule has 7 fully saturated rings. The highest BCUT2D eigenvalue weighted by molar-refractivity contribution is 8.00. The number of allylic oxidation sites excluding steroid dienone is 3. The van der Waals surface area contributed by atoms with Crippen LogP contribution >= 0.6 is 0 Å². The Bertz CT molecular complexity index is 1730. The number of aliphatic hydroxyl groups is 2. The quantitative estimate of drug-likeness (QED) is 0.130. The summed E-state index contributed by atoms with van der Waals surface area (Å²) >= 11 is 0. The first kappa shape index (κ1) is 56.9. The molecule has 0 aromatic heterocycles. The van der Waals surface area contributed by atoms with Crippen molar-refractivity contribution < 1.29 is 19.7 Å². The summed E-state index contributed by atoms with van der Waals surface area (Å²) in [5.41, 5.74) is 4.99. The first-order valence-electron chi connectivity index (χ1n) is 27.4. The van der Waals surface area contributed by atoms with Gasteiger partial charge in [0, 0.05) is 78.4 Å². The first-order chi connectivity index (χ1) is 32.0. The van der Waals surface area contributed by atoms with Crippen molar-refractivity contribution in [1.29, 1.82) is 0 Å². The number of fused-ring (bicyclic) bond motifs is 10. The number of esters is 1. The van der Waals surface area contributed by atoms with Crippen LogP contribution in [0.3, 0.4) is 0 Å². The molecule has 16 heteroatoms. The van der Waals surface area contributed by atoms with Gasteiger partial charge in [-0.3, -0.25) is 4.79 Å². The molecule has 0 aliphatic heterocycles. The first-order valence-corrected chi connectivity index (χ1v) is 27.4. The minimum Gasteiger partial charge on any atom is -0.469 e. The van der Waals surface area contributed by atoms with Crippen LogP contribution in [0.15, 0.2) is 23.3 Å². The Labute approximate surface area is 429 Å². The molecule has 4 nitrogen and oxygen atoms in total. The van der Waals surface area contributed by atoms with E-state index in [1.54, 1.807) is 5.57 Å². The topological polar surface area (TPSA) is 66.8 Å². The Morgan fingerprint density at radius 2 is 1.13 bits per heavy atom. The molecule has 356 valence electrons. The molecule has 68 heavy (non-hydrogen) atoms. The highest BCUT2D eigenvalue weighted by atomic mass is 16.5. The fourth-order valence-electron chi connectivity index (χ4n) is 17.9. The van der Waals surface area contributed by atoms with E-state index >= 15 is 0 Å². The molecule has 14 radical (unpaired) electrons. The van der Waals surface area contributed by atoms with Crippen LogP contribution in [0.4, 0.5) is 0 Å². The van der Waals surface area contributed by atoms with Gasteiger partial charge in [-0.05, 0) is 222 Å². The van der Waals surface area contributed by atoms with E-state index in [4.69, 9.17) is 58.9 Å². The summed E-state index contributed by atoms with van der Waals surface area (Å²) < 4.78 is 4.89. The van der Waals surface area contributed by atoms with E-state index in [0.717, 1.165) is 97.7 Å². The van der Waals surface area contributed by atoms with Gasteiger partial charge in [-0.25, -0.2) is 0 Å². The van der Waals surface area contributed by atoms with E-state index in [-0.39, 0.29) is 25.4 Å². The third-order valence-electron chi connectivity index (χ3n) is 22.2. The molecule has 2 N–H and O–H groups in total. The van der Waals surface area contributed by atoms with Gasteiger partial charge >= 0.3 is 5.97 Å². The molecular formula is C52H87B12O4-. The Morgan fingerprint density at radius 3 is 1.57 bits per heavy atom. The summed E-state index contributed by atoms with van der Waals surface area (Å²) in [5.74, 6) is 9.19. The Hall–Kier alpha value is -0.351. The summed E-state index contributed by atoms with van der Waals surface area (Å²) in [7, 11) is 38.3. The average molecular weight is 906 g/mol. The molecule has 0 bridgehead atoms. The number of hydrogen-bond donors (Lipinski definition) is 2. The lowest BCUT2D eigenvalue weighted by Crippen LogP contribution is -2.62. The number of hydrogen-bond acceptors (Lipinski definition) is 4. The number of carbonyl (C=O) groups is 1. The lowest BCUT2D eigenvalue weighted by Gasteiger charge is -2.58. The maximum atomic E-state index is 11.6. The van der Waals surface area contributed by atoms with Gasteiger partial charge in [0.25, 0.3) is 0 Å². The van der Waals surface area contributed by atoms with Crippen LogP contribution in [0.25, 0.3) is 0 Å². The summed E-state index contributed by atoms with van der Waals surface area (Å²) in [5, 5.41) is 20.5. The van der Waals surface area contributed by atoms with Crippen molar-refractivity contribution in [2.45, 2.75) is 201 Å². The van der Waals surface area contributed by atoms with E-state index < -0.39 is 25.5 Å². The second kappa shape index (κ2) is 23.0. The molecule has 0 spiro atoms. The van der Waals surface area contributed by atoms with Crippen LogP contribution in [-0.2, 0) is 9.53 Å². The SMILES string of the molecule is COC(=O)CC[C@@H](C)[C@H]1CCC2C3CC=C4CC(C)CC[C@]4(C)C3CC[C@@]21C.C[C@H](CCC1(O)CC1)[C@H]1CCC2C3CC=C4C[C@@H](O)CC[C@]4(C)C3CC[C@@]21C.[B]B([B])B(B([B])[B])B([B])[B].[B][BH3-]. The van der Waals surface area contributed by atoms with E-state index in [1.807, 2.05) is 5.57 Å². The largest absolute Gasteiger partial charge is 0.469 e. The van der Waals surface area contributed by atoms with Crippen molar-refractivity contribution in [2.75, 3.05) is 7.11 Å². The van der Waals surface area contributed by atoms with Crippen LogP contribution in [-0.4, -0.2) is 122 Å². The van der Waals surface area contributed by atoms with Crippen molar-refractivity contribution in [3.05, 3.63) is 23.3 Å². The second-order valence-electron chi connectivity index (χ2n) is 25.9. The van der Waals surface area contributed by atoms with Gasteiger partial charge in [-0.15, -0.1) is 0 Å². The van der Waals surface area contributed by atoms with Crippen LogP contribution in [0.2, 0.25) is 0 Å². The summed E-state index contributed by atoms with van der Waals surface area (Å²) in [6.07, 6.45) is 29.8. The highest BCUT2D eigenvalue weighted by Crippen LogP contribution is 2.69. The molecule has 0 aromatic carbocycles. The molecular weight excluding hydrogens is 818 g/mol. The normalized spacial score (nSPS) is 40.9. The summed E-state index contributed by atoms with van der Waals surface area (Å²) in [6, 6.07) is 0. The molecule has 7 saturated carbocycles. The molecule has 0 saturated heterocycles. The van der Waals surface area contributed by atoms with Gasteiger partial charge in [0.05, 0.1) is 18.8 Å². The lowest BCUT2D eigenvalue weighted by molar-refractivity contribution is -0.141. The van der Waals surface area contributed by atoms with Gasteiger partial charge in [0.1, 0.15) is 0 Å². The maximum absolute atomic E-state index is 11.6. The van der Waals surface area contributed by atoms with E-state index in [2.05, 4.69) is 60.6 Å². The van der Waals surface area contributed by atoms with Crippen molar-refractivity contribution in [2.24, 2.45) is 86.8 Å². The molecule has 0 amide bonds. The average Bonchev–Trinajstić information content (AvgIpc) is 3.76. The van der Waals surface area contributed by atoms with Gasteiger partial charge in [0.15, 0.2) is 0 Å². The lowest BCUT2D eigenvalue weighted by atomic mass is 8.58. The van der Waals surface area contributed by atoms with E-state index in [9.17, 15) is 15.0 Å². The number of carbonyl (C=O) groups excluding carboxylic acids is 1. The zero-order chi connectivity index (χ0) is 50.1. The summed E-state index contributed by atoms with van der Waals surface area (Å²) in [4.78, 5) is 11.6. The molecule has 9 rings (SSSR count). The zero-order valence-electron chi connectivity index (χ0n) is 43.7. The van der Waals surface area contributed by atoms with Gasteiger partial charge in [0.2, 0.25) is 0 Å². The predicted octanol–water partition coefficient (Wildman–Crippen LogP) is 7.29. The number of rotatable bonds is 11. The van der Waals surface area contributed by atoms with Crippen molar-refractivity contribution in [1.82, 2.24) is 0 Å². The van der Waals surface area contributed by atoms with Crippen molar-refractivity contribution >= 4 is 93.4 Å². The van der Waals surface area contributed by atoms with E-state index in [0.29, 0.717) is 34.0 Å². The van der Waals surface area contributed by atoms with E-state index in [1.165, 1.54) is 103 Å². The van der Waals surface area contributed by atoms with Gasteiger partial charge in [-0.1, -0.05) is 79.5 Å². The van der Waals surface area contributed by atoms with Crippen molar-refractivity contribution in [3.63, 3.8) is 0 Å². The van der Waals surface area contributed by atoms with Gasteiger partial charge in [-0.2, -0.15) is 7.74 Å². The minimum absolute atomic E-state index is 0.0420. The predicted molar refractivity (Wildman–Crippen MR) is 302 cm³/mol. The fraction of sp³-hybridized carbons (Fsp3) is 0.904. The molecule has 7 unspecified atom stereocenters. The van der Waals surface area contributed by atoms with Crippen LogP contribution < -0.4 is 0 Å². The Kier molecular flexibility index (Phi) is 19.3. The molecule has 0 heterocycles. The third-order valence-corrected chi connectivity index (χ3v) is 22.2. The van der Waals surface area contributed by atoms with Crippen LogP contribution in [0, 0.1) is 86.8 Å². The third kappa shape index (κ3) is 11.6. The molecule has 9 aliphatic rings.